The van der Waals surface area contributed by atoms with Gasteiger partial charge in [-0.15, -0.1) is 0 Å². The summed E-state index contributed by atoms with van der Waals surface area (Å²) in [7, 11) is 0. The molecule has 1 aliphatic heterocycles. The van der Waals surface area contributed by atoms with Crippen molar-refractivity contribution in [1.82, 2.24) is 9.55 Å². The first-order valence-corrected chi connectivity index (χ1v) is 5.64. The van der Waals surface area contributed by atoms with E-state index in [1.54, 1.807) is 0 Å². The maximum atomic E-state index is 5.58. The highest BCUT2D eigenvalue weighted by molar-refractivity contribution is 5.20. The quantitative estimate of drug-likeness (QED) is 0.783. The van der Waals surface area contributed by atoms with E-state index in [9.17, 15) is 0 Å². The van der Waals surface area contributed by atoms with Gasteiger partial charge < -0.3 is 10.3 Å². The molecule has 0 aromatic carbocycles. The molecular weight excluding hydrogens is 174 g/mol. The monoisotopic (exact) mass is 193 g/mol. The van der Waals surface area contributed by atoms with Crippen molar-refractivity contribution in [3.8, 4) is 0 Å². The van der Waals surface area contributed by atoms with Crippen molar-refractivity contribution in [3.05, 3.63) is 17.2 Å². The lowest BCUT2D eigenvalue weighted by Gasteiger charge is -2.01. The molecule has 0 bridgehead atoms. The Morgan fingerprint density at radius 1 is 1.43 bits per heavy atom. The van der Waals surface area contributed by atoms with Crippen LogP contribution in [0.1, 0.15) is 37.0 Å². The molecule has 0 radical (unpaired) electrons. The summed E-state index contributed by atoms with van der Waals surface area (Å²) in [5.41, 5.74) is 8.39. The van der Waals surface area contributed by atoms with E-state index >= 15 is 0 Å². The van der Waals surface area contributed by atoms with Crippen LogP contribution in [0.15, 0.2) is 0 Å². The van der Waals surface area contributed by atoms with Crippen LogP contribution in [0.4, 0.5) is 0 Å². The van der Waals surface area contributed by atoms with Crippen LogP contribution in [0.5, 0.6) is 0 Å². The van der Waals surface area contributed by atoms with E-state index in [1.165, 1.54) is 36.5 Å². The fraction of sp³-hybridized carbons (Fsp3) is 0.727. The van der Waals surface area contributed by atoms with Crippen molar-refractivity contribution in [1.29, 1.82) is 0 Å². The highest BCUT2D eigenvalue weighted by atomic mass is 15.1. The topological polar surface area (TPSA) is 43.8 Å². The first kappa shape index (κ1) is 9.71. The van der Waals surface area contributed by atoms with Gasteiger partial charge in [-0.05, 0) is 25.8 Å². The van der Waals surface area contributed by atoms with Crippen LogP contribution < -0.4 is 5.73 Å². The minimum Gasteiger partial charge on any atom is -0.332 e. The Labute approximate surface area is 85.3 Å². The molecule has 14 heavy (non-hydrogen) atoms. The largest absolute Gasteiger partial charge is 0.332 e. The summed E-state index contributed by atoms with van der Waals surface area (Å²) in [6.45, 7) is 4.08. The van der Waals surface area contributed by atoms with Gasteiger partial charge in [-0.2, -0.15) is 0 Å². The van der Waals surface area contributed by atoms with Crippen molar-refractivity contribution >= 4 is 0 Å². The maximum absolute atomic E-state index is 5.58. The molecule has 0 fully saturated rings. The second-order valence-corrected chi connectivity index (χ2v) is 3.97. The van der Waals surface area contributed by atoms with Gasteiger partial charge in [-0.3, -0.25) is 0 Å². The molecular formula is C11H19N3. The minimum absolute atomic E-state index is 0.710. The van der Waals surface area contributed by atoms with Crippen LogP contribution in [0, 0.1) is 0 Å². The second-order valence-electron chi connectivity index (χ2n) is 3.97. The first-order valence-electron chi connectivity index (χ1n) is 5.64. The molecule has 2 heterocycles. The Bertz CT molecular complexity index is 286. The summed E-state index contributed by atoms with van der Waals surface area (Å²) < 4.78 is 2.39. The van der Waals surface area contributed by atoms with Crippen molar-refractivity contribution in [3.63, 3.8) is 0 Å². The Morgan fingerprint density at radius 3 is 3.00 bits per heavy atom. The molecule has 78 valence electrons. The molecule has 0 unspecified atom stereocenters. The third-order valence-corrected chi connectivity index (χ3v) is 2.88. The first-order chi connectivity index (χ1) is 6.86. The number of hydrogen-bond donors (Lipinski definition) is 1. The van der Waals surface area contributed by atoms with Gasteiger partial charge in [0.2, 0.25) is 0 Å². The number of rotatable bonds is 4. The van der Waals surface area contributed by atoms with Crippen molar-refractivity contribution in [2.24, 2.45) is 5.73 Å². The summed E-state index contributed by atoms with van der Waals surface area (Å²) in [6.07, 6.45) is 5.74. The third-order valence-electron chi connectivity index (χ3n) is 2.88. The molecule has 0 saturated heterocycles. The third kappa shape index (κ3) is 1.57. The minimum atomic E-state index is 0.710. The van der Waals surface area contributed by atoms with Gasteiger partial charge in [0.1, 0.15) is 5.82 Å². The average Bonchev–Trinajstić information content (AvgIpc) is 2.72. The predicted molar refractivity (Wildman–Crippen MR) is 57.3 cm³/mol. The number of aromatic nitrogens is 2. The van der Waals surface area contributed by atoms with Gasteiger partial charge in [0.15, 0.2) is 0 Å². The van der Waals surface area contributed by atoms with Gasteiger partial charge >= 0.3 is 0 Å². The van der Waals surface area contributed by atoms with Gasteiger partial charge in [-0.1, -0.05) is 13.3 Å². The molecule has 0 spiro atoms. The molecule has 1 aromatic rings. The fourth-order valence-corrected chi connectivity index (χ4v) is 2.30. The molecule has 1 aliphatic rings. The molecule has 0 amide bonds. The zero-order valence-corrected chi connectivity index (χ0v) is 8.92. The Balaban J connectivity index is 2.29. The van der Waals surface area contributed by atoms with Crippen molar-refractivity contribution in [2.75, 3.05) is 6.54 Å². The number of hydrogen-bond acceptors (Lipinski definition) is 2. The normalized spacial score (nSPS) is 14.7. The number of imidazole rings is 1. The Kier molecular flexibility index (Phi) is 2.87. The predicted octanol–water partition coefficient (Wildman–Crippen LogP) is 1.28. The van der Waals surface area contributed by atoms with Gasteiger partial charge in [0.25, 0.3) is 0 Å². The van der Waals surface area contributed by atoms with E-state index in [4.69, 9.17) is 10.7 Å². The van der Waals surface area contributed by atoms with E-state index in [1.807, 2.05) is 0 Å². The number of aryl methyl sites for hydroxylation is 1. The standard InChI is InChI=1S/C11H19N3/c1-2-4-9-10-5-3-8-14(10)11(13-9)6-7-12/h2-8,12H2,1H3. The molecule has 2 rings (SSSR count). The lowest BCUT2D eigenvalue weighted by Crippen LogP contribution is -2.08. The molecule has 1 aromatic heterocycles. The molecule has 0 atom stereocenters. The number of nitrogens with zero attached hydrogens (tertiary/aromatic N) is 2. The van der Waals surface area contributed by atoms with E-state index < -0.39 is 0 Å². The Morgan fingerprint density at radius 2 is 2.29 bits per heavy atom. The van der Waals surface area contributed by atoms with Crippen LogP contribution in [-0.2, 0) is 25.8 Å². The lowest BCUT2D eigenvalue weighted by atomic mass is 10.2. The van der Waals surface area contributed by atoms with E-state index in [0.29, 0.717) is 6.54 Å². The number of fused-ring (bicyclic) bond motifs is 1. The molecule has 0 saturated carbocycles. The highest BCUT2D eigenvalue weighted by Gasteiger charge is 2.19. The van der Waals surface area contributed by atoms with Gasteiger partial charge in [0, 0.05) is 18.7 Å². The van der Waals surface area contributed by atoms with E-state index in [0.717, 1.165) is 19.4 Å². The number of nitrogens with two attached hydrogens (primary N) is 1. The Hall–Kier alpha value is -0.830. The molecule has 3 heteroatoms. The van der Waals surface area contributed by atoms with Crippen LogP contribution >= 0.6 is 0 Å². The van der Waals surface area contributed by atoms with E-state index in [2.05, 4.69) is 11.5 Å². The van der Waals surface area contributed by atoms with Crippen molar-refractivity contribution < 1.29 is 0 Å². The summed E-state index contributed by atoms with van der Waals surface area (Å²) in [5.74, 6) is 1.21. The summed E-state index contributed by atoms with van der Waals surface area (Å²) in [4.78, 5) is 4.69. The van der Waals surface area contributed by atoms with E-state index in [-0.39, 0.29) is 0 Å². The summed E-state index contributed by atoms with van der Waals surface area (Å²) >= 11 is 0. The zero-order chi connectivity index (χ0) is 9.97. The van der Waals surface area contributed by atoms with Crippen LogP contribution in [0.2, 0.25) is 0 Å². The molecule has 2 N–H and O–H groups in total. The smallest absolute Gasteiger partial charge is 0.110 e. The van der Waals surface area contributed by atoms with Crippen LogP contribution in [0.3, 0.4) is 0 Å². The molecule has 3 nitrogen and oxygen atoms in total. The summed E-state index contributed by atoms with van der Waals surface area (Å²) in [5, 5.41) is 0. The van der Waals surface area contributed by atoms with Gasteiger partial charge in [-0.25, -0.2) is 4.98 Å². The average molecular weight is 193 g/mol. The SMILES string of the molecule is CCCc1nc(CCN)n2c1CCC2. The van der Waals surface area contributed by atoms with Gasteiger partial charge in [0.05, 0.1) is 5.69 Å². The van der Waals surface area contributed by atoms with Crippen LogP contribution in [-0.4, -0.2) is 16.1 Å². The lowest BCUT2D eigenvalue weighted by molar-refractivity contribution is 0.684. The summed E-state index contributed by atoms with van der Waals surface area (Å²) in [6, 6.07) is 0. The second kappa shape index (κ2) is 4.13. The zero-order valence-electron chi connectivity index (χ0n) is 8.92. The highest BCUT2D eigenvalue weighted by Crippen LogP contribution is 2.22. The van der Waals surface area contributed by atoms with Crippen molar-refractivity contribution in [2.45, 2.75) is 45.6 Å². The maximum Gasteiger partial charge on any atom is 0.110 e. The fourth-order valence-electron chi connectivity index (χ4n) is 2.30. The van der Waals surface area contributed by atoms with Crippen LogP contribution in [0.25, 0.3) is 0 Å². The molecule has 0 aliphatic carbocycles.